The van der Waals surface area contributed by atoms with E-state index in [-0.39, 0.29) is 42.3 Å². The van der Waals surface area contributed by atoms with E-state index in [9.17, 15) is 9.59 Å². The Morgan fingerprint density at radius 3 is 1.86 bits per heavy atom. The molecule has 9 nitrogen and oxygen atoms in total. The number of halogens is 1. The highest BCUT2D eigenvalue weighted by molar-refractivity contribution is 5.97. The van der Waals surface area contributed by atoms with Crippen LogP contribution in [-0.2, 0) is 14.3 Å². The molecular weight excluding hydrogens is 584 g/mol. The second-order valence-corrected chi connectivity index (χ2v) is 10.7. The average molecular weight is 635 g/mol. The van der Waals surface area contributed by atoms with Gasteiger partial charge in [-0.3, -0.25) is 15.0 Å². The summed E-state index contributed by atoms with van der Waals surface area (Å²) in [6.45, 7) is 14.0. The molecule has 2 rings (SSSR count). The van der Waals surface area contributed by atoms with Gasteiger partial charge in [-0.05, 0) is 110 Å². The molecule has 0 unspecified atom stereocenters. The van der Waals surface area contributed by atoms with E-state index in [1.165, 1.54) is 0 Å². The maximum absolute atomic E-state index is 13.5. The second-order valence-electron chi connectivity index (χ2n) is 10.7. The third kappa shape index (κ3) is 13.5. The number of amides is 1. The number of hydrogen-bond donors (Lipinski definition) is 1. The van der Waals surface area contributed by atoms with Crippen molar-refractivity contribution in [2.75, 3.05) is 33.0 Å². The van der Waals surface area contributed by atoms with Gasteiger partial charge < -0.3 is 28.6 Å². The Morgan fingerprint density at radius 2 is 1.27 bits per heavy atom. The Kier molecular flexibility index (Phi) is 18.6. The maximum Gasteiger partial charge on any atom is 0.305 e. The molecule has 10 heteroatoms. The first-order chi connectivity index (χ1) is 20.7. The molecule has 2 aromatic rings. The summed E-state index contributed by atoms with van der Waals surface area (Å²) in [5.74, 6) is 1.77. The van der Waals surface area contributed by atoms with E-state index in [1.807, 2.05) is 69.9 Å². The van der Waals surface area contributed by atoms with Crippen molar-refractivity contribution in [3.63, 3.8) is 0 Å². The predicted octanol–water partition coefficient (Wildman–Crippen LogP) is 7.47. The topological polar surface area (TPSA) is 107 Å². The van der Waals surface area contributed by atoms with Gasteiger partial charge in [0.2, 0.25) is 5.90 Å². The zero-order valence-corrected chi connectivity index (χ0v) is 28.0. The van der Waals surface area contributed by atoms with Crippen LogP contribution in [-0.4, -0.2) is 67.8 Å². The van der Waals surface area contributed by atoms with Crippen LogP contribution in [0.2, 0.25) is 0 Å². The van der Waals surface area contributed by atoms with Crippen molar-refractivity contribution in [3.05, 3.63) is 53.6 Å². The Hall–Kier alpha value is -3.46. The van der Waals surface area contributed by atoms with E-state index < -0.39 is 0 Å². The fraction of sp³-hybridized carbons (Fsp3) is 0.559. The number of rotatable bonds is 20. The zero-order valence-electron chi connectivity index (χ0n) is 27.2. The van der Waals surface area contributed by atoms with Gasteiger partial charge in [0.1, 0.15) is 17.2 Å². The number of nitrogens with zero attached hydrogens (tertiary/aromatic N) is 1. The van der Waals surface area contributed by atoms with Gasteiger partial charge in [0.15, 0.2) is 0 Å². The van der Waals surface area contributed by atoms with Crippen molar-refractivity contribution in [1.29, 1.82) is 5.41 Å². The number of benzene rings is 2. The van der Waals surface area contributed by atoms with Gasteiger partial charge in [0, 0.05) is 30.1 Å². The monoisotopic (exact) mass is 634 g/mol. The molecule has 0 bridgehead atoms. The third-order valence-corrected chi connectivity index (χ3v) is 6.60. The van der Waals surface area contributed by atoms with Crippen molar-refractivity contribution < 1.29 is 33.3 Å². The van der Waals surface area contributed by atoms with Crippen LogP contribution in [0, 0.1) is 5.41 Å². The molecule has 0 saturated carbocycles. The Bertz CT molecular complexity index is 1130. The van der Waals surface area contributed by atoms with Gasteiger partial charge >= 0.3 is 5.97 Å². The van der Waals surface area contributed by atoms with Gasteiger partial charge in [-0.2, -0.15) is 0 Å². The predicted molar refractivity (Wildman–Crippen MR) is 176 cm³/mol. The van der Waals surface area contributed by atoms with Crippen LogP contribution < -0.4 is 14.2 Å². The van der Waals surface area contributed by atoms with Crippen LogP contribution in [0.3, 0.4) is 0 Å². The minimum Gasteiger partial charge on any atom is -0.494 e. The quantitative estimate of drug-likeness (QED) is 0.0697. The molecule has 44 heavy (non-hydrogen) atoms. The zero-order chi connectivity index (χ0) is 31.6. The summed E-state index contributed by atoms with van der Waals surface area (Å²) in [6, 6.07) is 12.8. The molecule has 0 aromatic heterocycles. The molecule has 1 amide bonds. The highest BCUT2D eigenvalue weighted by atomic mass is 35.5. The Morgan fingerprint density at radius 1 is 0.727 bits per heavy atom. The number of hydrogen-bond acceptors (Lipinski definition) is 8. The molecule has 0 aliphatic heterocycles. The van der Waals surface area contributed by atoms with Crippen molar-refractivity contribution in [2.45, 2.75) is 92.2 Å². The van der Waals surface area contributed by atoms with E-state index in [1.54, 1.807) is 19.1 Å². The first-order valence-electron chi connectivity index (χ1n) is 15.5. The molecule has 0 radical (unpaired) electrons. The minimum atomic E-state index is -0.209. The highest BCUT2D eigenvalue weighted by Crippen LogP contribution is 2.28. The summed E-state index contributed by atoms with van der Waals surface area (Å²) in [7, 11) is 0. The fourth-order valence-electron chi connectivity index (χ4n) is 4.57. The molecule has 2 aromatic carbocycles. The summed E-state index contributed by atoms with van der Waals surface area (Å²) in [5.41, 5.74) is 1.23. The summed E-state index contributed by atoms with van der Waals surface area (Å²) in [4.78, 5) is 26.9. The molecular formula is C34H51ClN2O7. The summed E-state index contributed by atoms with van der Waals surface area (Å²) < 4.78 is 28.1. The highest BCUT2D eigenvalue weighted by Gasteiger charge is 2.25. The molecule has 0 heterocycles. The first kappa shape index (κ1) is 38.6. The van der Waals surface area contributed by atoms with Crippen LogP contribution in [0.1, 0.15) is 96.0 Å². The van der Waals surface area contributed by atoms with Crippen molar-refractivity contribution >= 4 is 30.2 Å². The van der Waals surface area contributed by atoms with E-state index in [2.05, 4.69) is 0 Å². The van der Waals surface area contributed by atoms with Gasteiger partial charge in [-0.1, -0.05) is 0 Å². The Balaban J connectivity index is 0.00000968. The standard InChI is InChI=1S/C34H50N2O7.ClH/c1-7-39-32(37)14-10-13-23-43-31-24-29(19-20-30(31)34(38)36(25(3)4)26(5)6)42-22-12-9-11-21-41-28-17-15-27(16-18-28)33(35)40-8-2;/h15-20,24-26,35H,7-14,21-23H2,1-6H3;1H. The third-order valence-electron chi connectivity index (χ3n) is 6.60. The van der Waals surface area contributed by atoms with Crippen LogP contribution >= 0.6 is 12.4 Å². The Labute approximate surface area is 269 Å². The fourth-order valence-corrected chi connectivity index (χ4v) is 4.57. The molecule has 246 valence electrons. The van der Waals surface area contributed by atoms with Crippen LogP contribution in [0.25, 0.3) is 0 Å². The van der Waals surface area contributed by atoms with Crippen molar-refractivity contribution in [3.8, 4) is 17.2 Å². The van der Waals surface area contributed by atoms with E-state index in [0.29, 0.717) is 69.4 Å². The lowest BCUT2D eigenvalue weighted by Gasteiger charge is -2.31. The minimum absolute atomic E-state index is 0. The number of carbonyl (C=O) groups is 2. The van der Waals surface area contributed by atoms with E-state index >= 15 is 0 Å². The molecule has 0 atom stereocenters. The lowest BCUT2D eigenvalue weighted by atomic mass is 10.1. The van der Waals surface area contributed by atoms with Gasteiger partial charge in [-0.15, -0.1) is 12.4 Å². The van der Waals surface area contributed by atoms with Crippen LogP contribution in [0.5, 0.6) is 17.2 Å². The van der Waals surface area contributed by atoms with Gasteiger partial charge in [-0.25, -0.2) is 0 Å². The number of nitrogens with one attached hydrogen (secondary N) is 1. The van der Waals surface area contributed by atoms with Gasteiger partial charge in [0.25, 0.3) is 5.91 Å². The lowest BCUT2D eigenvalue weighted by molar-refractivity contribution is -0.143. The molecule has 0 aliphatic rings. The molecule has 0 fully saturated rings. The number of carbonyl (C=O) groups excluding carboxylic acids is 2. The normalized spacial score (nSPS) is 10.6. The lowest BCUT2D eigenvalue weighted by Crippen LogP contribution is -2.42. The van der Waals surface area contributed by atoms with Crippen molar-refractivity contribution in [2.24, 2.45) is 0 Å². The number of ether oxygens (including phenoxy) is 5. The van der Waals surface area contributed by atoms with E-state index in [4.69, 9.17) is 29.1 Å². The second kappa shape index (κ2) is 21.3. The maximum atomic E-state index is 13.5. The summed E-state index contributed by atoms with van der Waals surface area (Å²) in [5, 5.41) is 7.84. The molecule has 0 aliphatic carbocycles. The molecule has 0 saturated heterocycles. The summed E-state index contributed by atoms with van der Waals surface area (Å²) >= 11 is 0. The molecule has 0 spiro atoms. The largest absolute Gasteiger partial charge is 0.494 e. The van der Waals surface area contributed by atoms with Crippen LogP contribution in [0.4, 0.5) is 0 Å². The molecule has 1 N–H and O–H groups in total. The first-order valence-corrected chi connectivity index (χ1v) is 15.5. The SMILES string of the molecule is CCOC(=N)c1ccc(OCCCCCOc2ccc(C(=O)N(C(C)C)C(C)C)c(OCCCCC(=O)OCC)c2)cc1.Cl. The number of unbranched alkanes of at least 4 members (excludes halogenated alkanes) is 3. The van der Waals surface area contributed by atoms with E-state index in [0.717, 1.165) is 30.6 Å². The van der Waals surface area contributed by atoms with Crippen molar-refractivity contribution in [1.82, 2.24) is 4.90 Å². The van der Waals surface area contributed by atoms with Crippen LogP contribution in [0.15, 0.2) is 42.5 Å². The average Bonchev–Trinajstić information content (AvgIpc) is 2.96. The van der Waals surface area contributed by atoms with Gasteiger partial charge in [0.05, 0.1) is 38.6 Å². The summed E-state index contributed by atoms with van der Waals surface area (Å²) in [6.07, 6.45) is 4.33. The smallest absolute Gasteiger partial charge is 0.305 e. The number of esters is 1.